The molecule has 1 saturated heterocycles. The van der Waals surface area contributed by atoms with Gasteiger partial charge < -0.3 is 18.9 Å². The molecule has 11 nitrogen and oxygen atoms in total. The smallest absolute Gasteiger partial charge is 0.339 e. The number of benzene rings is 3. The predicted molar refractivity (Wildman–Crippen MR) is 160 cm³/mol. The Balaban J connectivity index is 1.45. The summed E-state index contributed by atoms with van der Waals surface area (Å²) in [4.78, 5) is 52.5. The number of hydrogen-bond donors (Lipinski definition) is 0. The van der Waals surface area contributed by atoms with Crippen molar-refractivity contribution in [3.05, 3.63) is 125 Å². The Kier molecular flexibility index (Phi) is 8.24. The maximum Gasteiger partial charge on any atom is 0.339 e. The average Bonchev–Trinajstić information content (AvgIpc) is 3.64. The number of esters is 3. The number of fused-ring (bicyclic) bond motifs is 1. The van der Waals surface area contributed by atoms with E-state index in [9.17, 15) is 14.4 Å². The lowest BCUT2D eigenvalue weighted by Crippen LogP contribution is -2.51. The number of aromatic nitrogens is 4. The standard InChI is InChI=1S/C33H23ClN4O7/c1-2-33(45-31(41)23-16-10-5-11-17-23)26(44-30(40)22-14-8-4-9-15-22)24(18-42-29(39)21-12-6-3-7-13-21)43-32(33)38-20-37-25-27(34)35-19-36-28(25)38/h1,3-17,19-20,24,26,32H,18H2/t24-,26-,32?,33-/m1/s1. The molecule has 1 fully saturated rings. The maximum atomic E-state index is 13.6. The van der Waals surface area contributed by atoms with Crippen LogP contribution in [-0.4, -0.2) is 61.8 Å². The molecule has 3 aromatic carbocycles. The molecular weight excluding hydrogens is 600 g/mol. The molecular formula is C33H23ClN4O7. The first kappa shape index (κ1) is 29.5. The Morgan fingerprint density at radius 1 is 0.844 bits per heavy atom. The molecule has 0 saturated carbocycles. The van der Waals surface area contributed by atoms with Gasteiger partial charge in [-0.25, -0.2) is 29.3 Å². The van der Waals surface area contributed by atoms with E-state index in [2.05, 4.69) is 20.9 Å². The third kappa shape index (κ3) is 5.72. The molecule has 224 valence electrons. The first-order valence-corrected chi connectivity index (χ1v) is 14.0. The number of halogens is 1. The Morgan fingerprint density at radius 3 is 2.02 bits per heavy atom. The molecule has 0 bridgehead atoms. The molecule has 0 spiro atoms. The van der Waals surface area contributed by atoms with Gasteiger partial charge in [-0.3, -0.25) is 4.57 Å². The number of hydrogen-bond acceptors (Lipinski definition) is 10. The minimum absolute atomic E-state index is 0.0599. The van der Waals surface area contributed by atoms with Crippen molar-refractivity contribution >= 4 is 40.7 Å². The molecule has 2 aromatic heterocycles. The van der Waals surface area contributed by atoms with Crippen LogP contribution in [-0.2, 0) is 18.9 Å². The largest absolute Gasteiger partial charge is 0.459 e. The van der Waals surface area contributed by atoms with E-state index in [4.69, 9.17) is 37.0 Å². The van der Waals surface area contributed by atoms with Gasteiger partial charge in [0.25, 0.3) is 5.60 Å². The van der Waals surface area contributed by atoms with Crippen LogP contribution in [0.3, 0.4) is 0 Å². The van der Waals surface area contributed by atoms with Crippen LogP contribution in [0.5, 0.6) is 0 Å². The van der Waals surface area contributed by atoms with E-state index in [0.29, 0.717) is 0 Å². The first-order valence-electron chi connectivity index (χ1n) is 13.6. The fraction of sp³-hybridized carbons (Fsp3) is 0.152. The summed E-state index contributed by atoms with van der Waals surface area (Å²) in [6, 6.07) is 24.6. The van der Waals surface area contributed by atoms with E-state index in [-0.39, 0.29) is 33.0 Å². The lowest BCUT2D eigenvalue weighted by Gasteiger charge is -2.33. The number of nitrogens with zero attached hydrogens (tertiary/aromatic N) is 4. The highest BCUT2D eigenvalue weighted by atomic mass is 35.5. The molecule has 6 rings (SSSR count). The van der Waals surface area contributed by atoms with E-state index < -0.39 is 48.6 Å². The van der Waals surface area contributed by atoms with E-state index in [1.54, 1.807) is 91.0 Å². The Labute approximate surface area is 261 Å². The summed E-state index contributed by atoms with van der Waals surface area (Å²) in [6.07, 6.45) is 4.67. The molecule has 45 heavy (non-hydrogen) atoms. The molecule has 1 unspecified atom stereocenters. The second-order valence-electron chi connectivity index (χ2n) is 9.86. The average molecular weight is 623 g/mol. The third-order valence-corrected chi connectivity index (χ3v) is 7.40. The zero-order valence-electron chi connectivity index (χ0n) is 23.4. The van der Waals surface area contributed by atoms with Gasteiger partial charge in [-0.1, -0.05) is 66.2 Å². The maximum absolute atomic E-state index is 13.6. The van der Waals surface area contributed by atoms with Crippen molar-refractivity contribution in [2.45, 2.75) is 24.0 Å². The number of terminal acetylenes is 1. The summed E-state index contributed by atoms with van der Waals surface area (Å²) < 4.78 is 25.4. The minimum Gasteiger partial charge on any atom is -0.459 e. The lowest BCUT2D eigenvalue weighted by molar-refractivity contribution is -0.0865. The van der Waals surface area contributed by atoms with E-state index in [1.165, 1.54) is 17.2 Å². The predicted octanol–water partition coefficient (Wildman–Crippen LogP) is 4.69. The topological polar surface area (TPSA) is 132 Å². The highest BCUT2D eigenvalue weighted by Crippen LogP contribution is 2.45. The van der Waals surface area contributed by atoms with Crippen LogP contribution in [0.15, 0.2) is 104 Å². The Bertz CT molecular complexity index is 1900. The summed E-state index contributed by atoms with van der Waals surface area (Å²) in [5.41, 5.74) is -1.03. The first-order chi connectivity index (χ1) is 21.9. The quantitative estimate of drug-likeness (QED) is 0.104. The fourth-order valence-corrected chi connectivity index (χ4v) is 5.14. The summed E-state index contributed by atoms with van der Waals surface area (Å²) in [6.45, 7) is -0.425. The summed E-state index contributed by atoms with van der Waals surface area (Å²) in [5, 5.41) is 0.0599. The van der Waals surface area contributed by atoms with Crippen LogP contribution >= 0.6 is 11.6 Å². The number of ether oxygens (including phenoxy) is 4. The van der Waals surface area contributed by atoms with Gasteiger partial charge in [-0.15, -0.1) is 6.42 Å². The molecule has 3 heterocycles. The third-order valence-electron chi connectivity index (χ3n) is 7.13. The number of rotatable bonds is 8. The second-order valence-corrected chi connectivity index (χ2v) is 10.2. The number of carbonyl (C=O) groups excluding carboxylic acids is 3. The van der Waals surface area contributed by atoms with Crippen LogP contribution in [0, 0.1) is 12.3 Å². The van der Waals surface area contributed by atoms with Gasteiger partial charge in [0.05, 0.1) is 23.0 Å². The minimum atomic E-state index is -2.12. The Hall–Kier alpha value is -5.57. The van der Waals surface area contributed by atoms with Crippen molar-refractivity contribution in [1.29, 1.82) is 0 Å². The molecule has 1 aliphatic heterocycles. The Morgan fingerprint density at radius 2 is 1.42 bits per heavy atom. The van der Waals surface area contributed by atoms with Gasteiger partial charge >= 0.3 is 17.9 Å². The SMILES string of the molecule is C#C[C@]1(OC(=O)c2ccccc2)C(n2cnc3c(Cl)ncnc32)O[C@H](COC(=O)c2ccccc2)[C@H]1OC(=O)c1ccccc1. The van der Waals surface area contributed by atoms with Gasteiger partial charge in [-0.2, -0.15) is 0 Å². The lowest BCUT2D eigenvalue weighted by atomic mass is 9.93. The molecule has 4 atom stereocenters. The monoisotopic (exact) mass is 622 g/mol. The molecule has 0 amide bonds. The van der Waals surface area contributed by atoms with Gasteiger partial charge in [-0.05, 0) is 42.3 Å². The van der Waals surface area contributed by atoms with Gasteiger partial charge in [0.15, 0.2) is 23.1 Å². The normalized spacial score (nSPS) is 20.7. The summed E-state index contributed by atoms with van der Waals surface area (Å²) in [7, 11) is 0. The van der Waals surface area contributed by atoms with E-state index in [0.717, 1.165) is 0 Å². The molecule has 12 heteroatoms. The van der Waals surface area contributed by atoms with E-state index in [1.807, 2.05) is 0 Å². The number of imidazole rings is 1. The summed E-state index contributed by atoms with van der Waals surface area (Å²) in [5.74, 6) is 0.290. The fourth-order valence-electron chi connectivity index (χ4n) is 4.96. The van der Waals surface area contributed by atoms with Crippen molar-refractivity contribution in [2.75, 3.05) is 6.61 Å². The highest BCUT2D eigenvalue weighted by Gasteiger charge is 2.63. The van der Waals surface area contributed by atoms with Crippen molar-refractivity contribution in [1.82, 2.24) is 19.5 Å². The zero-order valence-corrected chi connectivity index (χ0v) is 24.1. The van der Waals surface area contributed by atoms with Crippen molar-refractivity contribution < 1.29 is 33.3 Å². The van der Waals surface area contributed by atoms with Crippen molar-refractivity contribution in [3.8, 4) is 12.3 Å². The molecule has 0 N–H and O–H groups in total. The molecule has 0 radical (unpaired) electrons. The van der Waals surface area contributed by atoms with Crippen LogP contribution in [0.2, 0.25) is 5.15 Å². The summed E-state index contributed by atoms with van der Waals surface area (Å²) >= 11 is 6.26. The van der Waals surface area contributed by atoms with Crippen LogP contribution in [0.1, 0.15) is 37.3 Å². The van der Waals surface area contributed by atoms with Crippen molar-refractivity contribution in [2.24, 2.45) is 0 Å². The molecule has 0 aliphatic carbocycles. The molecule has 1 aliphatic rings. The van der Waals surface area contributed by atoms with Crippen LogP contribution < -0.4 is 0 Å². The molecule has 5 aromatic rings. The van der Waals surface area contributed by atoms with Gasteiger partial charge in [0.2, 0.25) is 0 Å². The van der Waals surface area contributed by atoms with Crippen LogP contribution in [0.25, 0.3) is 11.2 Å². The van der Waals surface area contributed by atoms with Gasteiger partial charge in [0, 0.05) is 0 Å². The number of carbonyl (C=O) groups is 3. The van der Waals surface area contributed by atoms with Gasteiger partial charge in [0.1, 0.15) is 24.6 Å². The van der Waals surface area contributed by atoms with Crippen LogP contribution in [0.4, 0.5) is 0 Å². The van der Waals surface area contributed by atoms with Crippen molar-refractivity contribution in [3.63, 3.8) is 0 Å². The highest BCUT2D eigenvalue weighted by molar-refractivity contribution is 6.33. The van der Waals surface area contributed by atoms with E-state index >= 15 is 0 Å². The second kappa shape index (κ2) is 12.6. The zero-order chi connectivity index (χ0) is 31.4.